The lowest BCUT2D eigenvalue weighted by Gasteiger charge is -2.07. The summed E-state index contributed by atoms with van der Waals surface area (Å²) in [6.07, 6.45) is 4.37. The van der Waals surface area contributed by atoms with E-state index in [1.54, 1.807) is 7.11 Å². The van der Waals surface area contributed by atoms with Crippen LogP contribution in [0.3, 0.4) is 0 Å². The van der Waals surface area contributed by atoms with Gasteiger partial charge < -0.3 is 19.4 Å². The molecule has 2 aromatic heterocycles. The minimum absolute atomic E-state index is 0.0272. The van der Waals surface area contributed by atoms with Gasteiger partial charge in [-0.1, -0.05) is 17.4 Å². The van der Waals surface area contributed by atoms with Gasteiger partial charge in [-0.05, 0) is 31.0 Å². The summed E-state index contributed by atoms with van der Waals surface area (Å²) in [5.41, 5.74) is 1.05. The molecule has 1 fully saturated rings. The third-order valence-electron chi connectivity index (χ3n) is 4.47. The van der Waals surface area contributed by atoms with E-state index in [0.29, 0.717) is 18.1 Å². The average molecular weight is 372 g/mol. The summed E-state index contributed by atoms with van der Waals surface area (Å²) < 4.78 is 13.0. The van der Waals surface area contributed by atoms with Gasteiger partial charge in [0.1, 0.15) is 16.9 Å². The maximum atomic E-state index is 12.3. The molecular weight excluding hydrogens is 352 g/mol. The van der Waals surface area contributed by atoms with Crippen molar-refractivity contribution in [3.05, 3.63) is 35.5 Å². The Hall–Kier alpha value is -2.45. The summed E-state index contributed by atoms with van der Waals surface area (Å²) in [5.74, 6) is 0.756. The number of amides is 1. The highest BCUT2D eigenvalue weighted by molar-refractivity contribution is 7.15. The Morgan fingerprint density at radius 1 is 1.42 bits per heavy atom. The summed E-state index contributed by atoms with van der Waals surface area (Å²) in [4.78, 5) is 12.3. The average Bonchev–Trinajstić information content (AvgIpc) is 3.39. The zero-order valence-corrected chi connectivity index (χ0v) is 15.3. The van der Waals surface area contributed by atoms with Crippen LogP contribution < -0.4 is 10.1 Å². The Kier molecular flexibility index (Phi) is 4.85. The fraction of sp³-hybridized carbons (Fsp3) is 0.389. The van der Waals surface area contributed by atoms with Gasteiger partial charge in [-0.2, -0.15) is 0 Å². The molecule has 1 aliphatic heterocycles. The van der Waals surface area contributed by atoms with Crippen molar-refractivity contribution in [3.63, 3.8) is 0 Å². The third-order valence-corrected chi connectivity index (χ3v) is 5.40. The number of aryl methyl sites for hydroxylation is 1. The number of methoxy groups -OCH3 is 1. The van der Waals surface area contributed by atoms with Crippen LogP contribution in [0.4, 0.5) is 5.13 Å². The molecule has 26 heavy (non-hydrogen) atoms. The second-order valence-electron chi connectivity index (χ2n) is 6.15. The zero-order valence-electron chi connectivity index (χ0n) is 14.5. The molecule has 0 bridgehead atoms. The maximum Gasteiger partial charge on any atom is 0.227 e. The standard InChI is InChI=1S/C18H20N4O3S/c1-24-14-5-2-4-13-12(14)7-9-22(13)10-8-16(23)19-18-21-20-17(26-18)15-6-3-11-25-15/h2,4-5,7,9,15H,3,6,8,10-11H2,1H3,(H,19,21,23)/t15-/m1/s1. The predicted molar refractivity (Wildman–Crippen MR) is 99.6 cm³/mol. The first-order chi connectivity index (χ1) is 12.7. The van der Waals surface area contributed by atoms with E-state index in [-0.39, 0.29) is 12.0 Å². The molecule has 1 amide bonds. The number of carbonyl (C=O) groups is 1. The van der Waals surface area contributed by atoms with Crippen molar-refractivity contribution in [3.8, 4) is 5.75 Å². The Balaban J connectivity index is 1.37. The Morgan fingerprint density at radius 3 is 3.15 bits per heavy atom. The molecule has 7 nitrogen and oxygen atoms in total. The SMILES string of the molecule is COc1cccc2c1ccn2CCC(=O)Nc1nnc([C@H]2CCCO2)s1. The van der Waals surface area contributed by atoms with E-state index in [4.69, 9.17) is 9.47 Å². The largest absolute Gasteiger partial charge is 0.496 e. The number of ether oxygens (including phenoxy) is 2. The highest BCUT2D eigenvalue weighted by atomic mass is 32.1. The number of fused-ring (bicyclic) bond motifs is 1. The molecule has 0 radical (unpaired) electrons. The van der Waals surface area contributed by atoms with Crippen molar-refractivity contribution < 1.29 is 14.3 Å². The van der Waals surface area contributed by atoms with Crippen molar-refractivity contribution in [1.82, 2.24) is 14.8 Å². The van der Waals surface area contributed by atoms with Gasteiger partial charge in [0.05, 0.1) is 12.6 Å². The van der Waals surface area contributed by atoms with Crippen LogP contribution in [-0.2, 0) is 16.1 Å². The van der Waals surface area contributed by atoms with E-state index in [1.165, 1.54) is 11.3 Å². The number of hydrogen-bond donors (Lipinski definition) is 1. The number of nitrogens with one attached hydrogen (secondary N) is 1. The van der Waals surface area contributed by atoms with Crippen LogP contribution in [-0.4, -0.2) is 34.4 Å². The quantitative estimate of drug-likeness (QED) is 0.718. The molecule has 1 atom stereocenters. The molecule has 136 valence electrons. The first-order valence-corrected chi connectivity index (χ1v) is 9.43. The van der Waals surface area contributed by atoms with Crippen LogP contribution in [0, 0.1) is 0 Å². The first kappa shape index (κ1) is 17.0. The lowest BCUT2D eigenvalue weighted by atomic mass is 10.2. The van der Waals surface area contributed by atoms with Crippen LogP contribution in [0.15, 0.2) is 30.5 Å². The molecule has 3 aromatic rings. The highest BCUT2D eigenvalue weighted by Gasteiger charge is 2.22. The number of anilines is 1. The Labute approximate surface area is 154 Å². The lowest BCUT2D eigenvalue weighted by Crippen LogP contribution is -2.14. The van der Waals surface area contributed by atoms with Gasteiger partial charge in [-0.25, -0.2) is 0 Å². The van der Waals surface area contributed by atoms with Gasteiger partial charge in [-0.15, -0.1) is 10.2 Å². The third kappa shape index (κ3) is 3.42. The monoisotopic (exact) mass is 372 g/mol. The van der Waals surface area contributed by atoms with E-state index in [1.807, 2.05) is 30.5 Å². The normalized spacial score (nSPS) is 16.9. The van der Waals surface area contributed by atoms with Crippen LogP contribution in [0.1, 0.15) is 30.4 Å². The fourth-order valence-corrected chi connectivity index (χ4v) is 4.00. The second kappa shape index (κ2) is 7.43. The molecule has 3 heterocycles. The minimum atomic E-state index is -0.0789. The molecule has 0 unspecified atom stereocenters. The van der Waals surface area contributed by atoms with E-state index in [2.05, 4.69) is 20.1 Å². The molecule has 4 rings (SSSR count). The summed E-state index contributed by atoms with van der Waals surface area (Å²) in [6, 6.07) is 7.91. The van der Waals surface area contributed by atoms with Crippen LogP contribution in [0.25, 0.3) is 10.9 Å². The first-order valence-electron chi connectivity index (χ1n) is 8.61. The van der Waals surface area contributed by atoms with Crippen LogP contribution >= 0.6 is 11.3 Å². The number of aromatic nitrogens is 3. The molecule has 1 aliphatic rings. The topological polar surface area (TPSA) is 78.3 Å². The molecule has 0 saturated carbocycles. The Morgan fingerprint density at radius 2 is 2.35 bits per heavy atom. The summed E-state index contributed by atoms with van der Waals surface area (Å²) in [7, 11) is 1.66. The van der Waals surface area contributed by atoms with Crippen molar-refractivity contribution in [2.75, 3.05) is 19.0 Å². The fourth-order valence-electron chi connectivity index (χ4n) is 3.16. The maximum absolute atomic E-state index is 12.3. The predicted octanol–water partition coefficient (Wildman–Crippen LogP) is 3.38. The molecule has 1 saturated heterocycles. The van der Waals surface area contributed by atoms with Gasteiger partial charge in [0.15, 0.2) is 0 Å². The Bertz CT molecular complexity index is 914. The van der Waals surface area contributed by atoms with E-state index < -0.39 is 0 Å². The minimum Gasteiger partial charge on any atom is -0.496 e. The zero-order chi connectivity index (χ0) is 17.9. The number of nitrogens with zero attached hydrogens (tertiary/aromatic N) is 3. The molecular formula is C18H20N4O3S. The van der Waals surface area contributed by atoms with Gasteiger partial charge in [-0.3, -0.25) is 4.79 Å². The van der Waals surface area contributed by atoms with E-state index in [0.717, 1.165) is 41.1 Å². The number of hydrogen-bond acceptors (Lipinski definition) is 6. The van der Waals surface area contributed by atoms with Crippen LogP contribution in [0.5, 0.6) is 5.75 Å². The highest BCUT2D eigenvalue weighted by Crippen LogP contribution is 2.32. The van der Waals surface area contributed by atoms with E-state index in [9.17, 15) is 4.79 Å². The lowest BCUT2D eigenvalue weighted by molar-refractivity contribution is -0.116. The van der Waals surface area contributed by atoms with Crippen LogP contribution in [0.2, 0.25) is 0 Å². The van der Waals surface area contributed by atoms with Crippen molar-refractivity contribution in [1.29, 1.82) is 0 Å². The van der Waals surface area contributed by atoms with E-state index >= 15 is 0 Å². The molecule has 1 N–H and O–H groups in total. The second-order valence-corrected chi connectivity index (χ2v) is 7.16. The molecule has 8 heteroatoms. The molecule has 0 aliphatic carbocycles. The number of benzene rings is 1. The van der Waals surface area contributed by atoms with Crippen molar-refractivity contribution in [2.45, 2.75) is 31.9 Å². The summed E-state index contributed by atoms with van der Waals surface area (Å²) in [5, 5.41) is 13.4. The smallest absolute Gasteiger partial charge is 0.227 e. The van der Waals surface area contributed by atoms with Gasteiger partial charge in [0, 0.05) is 31.2 Å². The van der Waals surface area contributed by atoms with Gasteiger partial charge in [0.25, 0.3) is 0 Å². The molecule has 0 spiro atoms. The molecule has 1 aromatic carbocycles. The van der Waals surface area contributed by atoms with Gasteiger partial charge >= 0.3 is 0 Å². The summed E-state index contributed by atoms with van der Waals surface area (Å²) in [6.45, 7) is 1.35. The van der Waals surface area contributed by atoms with Crippen molar-refractivity contribution in [2.24, 2.45) is 0 Å². The number of rotatable bonds is 6. The van der Waals surface area contributed by atoms with Crippen molar-refractivity contribution >= 4 is 33.3 Å². The summed E-state index contributed by atoms with van der Waals surface area (Å²) >= 11 is 1.39. The van der Waals surface area contributed by atoms with Gasteiger partial charge in [0.2, 0.25) is 11.0 Å². The number of carbonyl (C=O) groups excluding carboxylic acids is 1.